The first-order chi connectivity index (χ1) is 9.39. The van der Waals surface area contributed by atoms with Crippen molar-refractivity contribution in [3.63, 3.8) is 0 Å². The molecule has 0 spiro atoms. The van der Waals surface area contributed by atoms with E-state index in [2.05, 4.69) is 32.8 Å². The van der Waals surface area contributed by atoms with Gasteiger partial charge >= 0.3 is 7.12 Å². The molecule has 2 saturated heterocycles. The van der Waals surface area contributed by atoms with Crippen molar-refractivity contribution in [3.05, 3.63) is 12.3 Å². The van der Waals surface area contributed by atoms with Gasteiger partial charge < -0.3 is 14.0 Å². The van der Waals surface area contributed by atoms with Gasteiger partial charge in [0.25, 0.3) is 0 Å². The van der Waals surface area contributed by atoms with Gasteiger partial charge in [-0.05, 0) is 46.6 Å². The zero-order valence-electron chi connectivity index (χ0n) is 12.8. The standard InChI is InChI=1S/C14H23BN2O3/c1-13(2)14(3,4)20-15(19-13)12-7-8-17(16-12)11-6-5-9-18-10-11/h7-8,11H,5-6,9-10H2,1-4H3. The molecule has 2 aliphatic heterocycles. The van der Waals surface area contributed by atoms with Crippen molar-refractivity contribution < 1.29 is 14.0 Å². The lowest BCUT2D eigenvalue weighted by molar-refractivity contribution is 0.00578. The highest BCUT2D eigenvalue weighted by Crippen LogP contribution is 2.36. The smallest absolute Gasteiger partial charge is 0.398 e. The van der Waals surface area contributed by atoms with Crippen molar-refractivity contribution in [3.8, 4) is 0 Å². The lowest BCUT2D eigenvalue weighted by Gasteiger charge is -2.32. The molecular formula is C14H23BN2O3. The highest BCUT2D eigenvalue weighted by molar-refractivity contribution is 6.61. The number of ether oxygens (including phenoxy) is 1. The van der Waals surface area contributed by atoms with Crippen molar-refractivity contribution in [2.75, 3.05) is 13.2 Å². The van der Waals surface area contributed by atoms with Gasteiger partial charge in [0.05, 0.1) is 29.4 Å². The van der Waals surface area contributed by atoms with Crippen LogP contribution in [0, 0.1) is 0 Å². The van der Waals surface area contributed by atoms with Crippen LogP contribution < -0.4 is 5.59 Å². The molecule has 2 fully saturated rings. The SMILES string of the molecule is CC1(C)OB(c2ccn(C3CCCOC3)n2)OC1(C)C. The molecule has 0 aliphatic carbocycles. The summed E-state index contributed by atoms with van der Waals surface area (Å²) < 4.78 is 19.5. The van der Waals surface area contributed by atoms with Crippen molar-refractivity contribution in [1.29, 1.82) is 0 Å². The second-order valence-electron chi connectivity index (χ2n) is 6.68. The molecule has 20 heavy (non-hydrogen) atoms. The van der Waals surface area contributed by atoms with Crippen LogP contribution in [0.15, 0.2) is 12.3 Å². The largest absolute Gasteiger partial charge is 0.516 e. The summed E-state index contributed by atoms with van der Waals surface area (Å²) in [6, 6.07) is 2.32. The number of hydrogen-bond donors (Lipinski definition) is 0. The van der Waals surface area contributed by atoms with Crippen LogP contribution in [0.4, 0.5) is 0 Å². The second kappa shape index (κ2) is 4.86. The summed E-state index contributed by atoms with van der Waals surface area (Å²) in [5.41, 5.74) is 0.194. The van der Waals surface area contributed by atoms with Gasteiger partial charge in [-0.25, -0.2) is 0 Å². The molecule has 0 N–H and O–H groups in total. The number of nitrogens with zero attached hydrogens (tertiary/aromatic N) is 2. The van der Waals surface area contributed by atoms with Gasteiger partial charge in [0, 0.05) is 12.8 Å². The van der Waals surface area contributed by atoms with Gasteiger partial charge in [0.2, 0.25) is 0 Å². The molecule has 2 aliphatic rings. The molecule has 0 saturated carbocycles. The van der Waals surface area contributed by atoms with Crippen LogP contribution in [0.25, 0.3) is 0 Å². The van der Waals surface area contributed by atoms with E-state index in [4.69, 9.17) is 14.0 Å². The number of hydrogen-bond acceptors (Lipinski definition) is 4. The zero-order chi connectivity index (χ0) is 14.4. The van der Waals surface area contributed by atoms with Gasteiger partial charge in [0.1, 0.15) is 0 Å². The maximum Gasteiger partial charge on any atom is 0.516 e. The first-order valence-corrected chi connectivity index (χ1v) is 7.37. The fourth-order valence-corrected chi connectivity index (χ4v) is 2.58. The fraction of sp³-hybridized carbons (Fsp3) is 0.786. The van der Waals surface area contributed by atoms with Gasteiger partial charge in [0.15, 0.2) is 0 Å². The Hall–Kier alpha value is -0.845. The molecule has 0 bridgehead atoms. The molecule has 1 aromatic heterocycles. The molecule has 3 rings (SSSR count). The Labute approximate surface area is 120 Å². The fourth-order valence-electron chi connectivity index (χ4n) is 2.58. The van der Waals surface area contributed by atoms with E-state index in [-0.39, 0.29) is 18.3 Å². The number of rotatable bonds is 2. The van der Waals surface area contributed by atoms with E-state index in [1.165, 1.54) is 0 Å². The van der Waals surface area contributed by atoms with E-state index >= 15 is 0 Å². The quantitative estimate of drug-likeness (QED) is 0.770. The maximum absolute atomic E-state index is 6.02. The predicted octanol–water partition coefficient (Wildman–Crippen LogP) is 1.53. The Morgan fingerprint density at radius 1 is 1.25 bits per heavy atom. The average Bonchev–Trinajstić information content (AvgIpc) is 2.94. The van der Waals surface area contributed by atoms with Gasteiger partial charge in [-0.15, -0.1) is 0 Å². The molecule has 3 heterocycles. The van der Waals surface area contributed by atoms with Gasteiger partial charge in [-0.3, -0.25) is 4.68 Å². The minimum atomic E-state index is -0.384. The third kappa shape index (κ3) is 2.40. The van der Waals surface area contributed by atoms with Crippen molar-refractivity contribution in [1.82, 2.24) is 9.78 Å². The highest BCUT2D eigenvalue weighted by Gasteiger charge is 2.52. The molecule has 0 aromatic carbocycles. The van der Waals surface area contributed by atoms with Crippen LogP contribution in [0.3, 0.4) is 0 Å². The minimum Gasteiger partial charge on any atom is -0.398 e. The Morgan fingerprint density at radius 3 is 2.55 bits per heavy atom. The van der Waals surface area contributed by atoms with E-state index in [0.29, 0.717) is 6.04 Å². The van der Waals surface area contributed by atoms with Crippen LogP contribution in [0.2, 0.25) is 0 Å². The normalized spacial score (nSPS) is 28.8. The van der Waals surface area contributed by atoms with E-state index in [9.17, 15) is 0 Å². The van der Waals surface area contributed by atoms with Crippen molar-refractivity contribution >= 4 is 12.7 Å². The second-order valence-corrected chi connectivity index (χ2v) is 6.68. The average molecular weight is 278 g/mol. The van der Waals surface area contributed by atoms with Crippen LogP contribution in [0.5, 0.6) is 0 Å². The lowest BCUT2D eigenvalue weighted by atomic mass is 9.85. The molecule has 0 amide bonds. The summed E-state index contributed by atoms with van der Waals surface area (Å²) in [5.74, 6) is 0. The molecule has 110 valence electrons. The van der Waals surface area contributed by atoms with Crippen LogP contribution in [0.1, 0.15) is 46.6 Å². The summed E-state index contributed by atoms with van der Waals surface area (Å²) in [7, 11) is -0.384. The third-order valence-corrected chi connectivity index (χ3v) is 4.63. The number of aromatic nitrogens is 2. The summed E-state index contributed by atoms with van der Waals surface area (Å²) in [5, 5.41) is 4.63. The van der Waals surface area contributed by atoms with Crippen molar-refractivity contribution in [2.24, 2.45) is 0 Å². The summed E-state index contributed by atoms with van der Waals surface area (Å²) in [6.07, 6.45) is 4.21. The highest BCUT2D eigenvalue weighted by atomic mass is 16.7. The van der Waals surface area contributed by atoms with E-state index in [1.54, 1.807) is 0 Å². The molecule has 1 atom stereocenters. The Morgan fingerprint density at radius 2 is 1.95 bits per heavy atom. The monoisotopic (exact) mass is 278 g/mol. The van der Waals surface area contributed by atoms with E-state index < -0.39 is 0 Å². The maximum atomic E-state index is 6.02. The molecule has 6 heteroatoms. The molecule has 1 aromatic rings. The Bertz CT molecular complexity index is 465. The molecule has 0 radical (unpaired) electrons. The van der Waals surface area contributed by atoms with Crippen LogP contribution in [-0.4, -0.2) is 41.3 Å². The molecule has 5 nitrogen and oxygen atoms in total. The van der Waals surface area contributed by atoms with Crippen LogP contribution in [-0.2, 0) is 14.0 Å². The first kappa shape index (κ1) is 14.1. The lowest BCUT2D eigenvalue weighted by Crippen LogP contribution is -2.41. The third-order valence-electron chi connectivity index (χ3n) is 4.63. The van der Waals surface area contributed by atoms with Gasteiger partial charge in [-0.1, -0.05) is 0 Å². The summed E-state index contributed by atoms with van der Waals surface area (Å²) in [4.78, 5) is 0. The Kier molecular flexibility index (Phi) is 3.43. The zero-order valence-corrected chi connectivity index (χ0v) is 12.8. The van der Waals surface area contributed by atoms with Gasteiger partial charge in [-0.2, -0.15) is 5.10 Å². The minimum absolute atomic E-state index is 0.324. The summed E-state index contributed by atoms with van der Waals surface area (Å²) in [6.45, 7) is 9.82. The molecule has 1 unspecified atom stereocenters. The first-order valence-electron chi connectivity index (χ1n) is 7.37. The van der Waals surface area contributed by atoms with E-state index in [1.807, 2.05) is 16.9 Å². The van der Waals surface area contributed by atoms with E-state index in [0.717, 1.165) is 31.6 Å². The summed E-state index contributed by atoms with van der Waals surface area (Å²) >= 11 is 0. The molecular weight excluding hydrogens is 255 g/mol. The van der Waals surface area contributed by atoms with Crippen molar-refractivity contribution in [2.45, 2.75) is 57.8 Å². The van der Waals surface area contributed by atoms with Crippen LogP contribution >= 0.6 is 0 Å². The topological polar surface area (TPSA) is 45.5 Å². The Balaban J connectivity index is 1.74. The predicted molar refractivity (Wildman–Crippen MR) is 77.0 cm³/mol.